The number of hydrogen-bond acceptors (Lipinski definition) is 7. The van der Waals surface area contributed by atoms with Crippen LogP contribution < -0.4 is 15.5 Å². The lowest BCUT2D eigenvalue weighted by atomic mass is 9.86. The zero-order chi connectivity index (χ0) is 30.1. The molecule has 42 heavy (non-hydrogen) atoms. The predicted octanol–water partition coefficient (Wildman–Crippen LogP) is 4.59. The number of alkyl halides is 2. The third-order valence-electron chi connectivity index (χ3n) is 7.92. The van der Waals surface area contributed by atoms with Gasteiger partial charge in [0.1, 0.15) is 4.45 Å². The smallest absolute Gasteiger partial charge is 0.337 e. The number of piperazine rings is 1. The molecule has 3 aromatic rings. The Balaban J connectivity index is 1.42. The molecule has 2 atom stereocenters. The number of methoxy groups -OCH3 is 1. The van der Waals surface area contributed by atoms with Gasteiger partial charge in [0.2, 0.25) is 11.8 Å². The van der Waals surface area contributed by atoms with Gasteiger partial charge in [0.25, 0.3) is 0 Å². The summed E-state index contributed by atoms with van der Waals surface area (Å²) in [6.07, 6.45) is 0. The number of fused-ring (bicyclic) bond motifs is 1. The Bertz CT molecular complexity index is 1480. The van der Waals surface area contributed by atoms with Gasteiger partial charge in [-0.15, -0.1) is 0 Å². The molecule has 2 heterocycles. The number of anilines is 3. The number of nitrogens with zero attached hydrogens (tertiary/aromatic N) is 3. The third kappa shape index (κ3) is 5.58. The van der Waals surface area contributed by atoms with E-state index in [2.05, 4.69) is 59.3 Å². The van der Waals surface area contributed by atoms with E-state index in [-0.39, 0.29) is 11.8 Å². The van der Waals surface area contributed by atoms with Gasteiger partial charge in [-0.05, 0) is 49.0 Å². The maximum atomic E-state index is 13.7. The molecule has 2 N–H and O–H groups in total. The molecule has 1 saturated heterocycles. The molecule has 220 valence electrons. The Morgan fingerprint density at radius 2 is 1.71 bits per heavy atom. The van der Waals surface area contributed by atoms with Crippen LogP contribution in [0.15, 0.2) is 72.8 Å². The minimum absolute atomic E-state index is 0.0318. The summed E-state index contributed by atoms with van der Waals surface area (Å²) in [7, 11) is 5.20. The first-order valence-corrected chi connectivity index (χ1v) is 15.2. The molecule has 3 aromatic carbocycles. The van der Waals surface area contributed by atoms with Gasteiger partial charge < -0.3 is 25.2 Å². The molecule has 0 saturated carbocycles. The van der Waals surface area contributed by atoms with Crippen LogP contribution in [-0.2, 0) is 23.1 Å². The van der Waals surface area contributed by atoms with E-state index in [1.807, 2.05) is 54.6 Å². The van der Waals surface area contributed by atoms with E-state index in [4.69, 9.17) is 4.74 Å². The second-order valence-electron chi connectivity index (χ2n) is 10.6. The number of carbonyl (C=O) groups is 3. The average Bonchev–Trinajstić information content (AvgIpc) is 3.28. The van der Waals surface area contributed by atoms with Crippen molar-refractivity contribution >= 4 is 66.7 Å². The number of nitrogens with one attached hydrogen (secondary N) is 2. The van der Waals surface area contributed by atoms with Crippen LogP contribution in [0.3, 0.4) is 0 Å². The lowest BCUT2D eigenvalue weighted by Crippen LogP contribution is -2.50. The van der Waals surface area contributed by atoms with Crippen molar-refractivity contribution in [2.75, 3.05) is 69.5 Å². The number of halogens is 2. The quantitative estimate of drug-likeness (QED) is 0.202. The molecule has 0 aromatic heterocycles. The highest BCUT2D eigenvalue weighted by atomic mass is 79.9. The van der Waals surface area contributed by atoms with Gasteiger partial charge in [0.15, 0.2) is 4.32 Å². The number of carbonyl (C=O) groups excluding carboxylic acids is 3. The first-order valence-electron chi connectivity index (χ1n) is 13.6. The van der Waals surface area contributed by atoms with Crippen molar-refractivity contribution in [1.29, 1.82) is 0 Å². The molecular weight excluding hydrogens is 666 g/mol. The van der Waals surface area contributed by atoms with Crippen LogP contribution in [0, 0.1) is 0 Å². The van der Waals surface area contributed by atoms with E-state index in [9.17, 15) is 14.4 Å². The number of amides is 2. The fourth-order valence-corrected chi connectivity index (χ4v) is 6.97. The summed E-state index contributed by atoms with van der Waals surface area (Å²) in [4.78, 5) is 45.0. The normalized spacial score (nSPS) is 20.3. The molecule has 2 aliphatic rings. The Morgan fingerprint density at radius 1 is 1.05 bits per heavy atom. The summed E-state index contributed by atoms with van der Waals surface area (Å²) in [6.45, 7) is 4.04. The minimum atomic E-state index is -1.31. The van der Waals surface area contributed by atoms with Gasteiger partial charge in [-0.2, -0.15) is 0 Å². The number of hydrogen-bond donors (Lipinski definition) is 2. The maximum Gasteiger partial charge on any atom is 0.337 e. The summed E-state index contributed by atoms with van der Waals surface area (Å²) in [6, 6.07) is 22.1. The largest absolute Gasteiger partial charge is 0.465 e. The standard InChI is InChI=1S/C31H33Br2N5O4/c1-36-15-17-38(18-16-36)20-27(39)37(2)24-12-10-23(11-13-24)35-31(33,22-7-5-4-6-8-22)30(32)25-14-9-21(28(40)42-3)19-26(25)34-29(30)41/h4-14,19,35H,15-18,20H2,1-3H3,(H,34,41). The van der Waals surface area contributed by atoms with Crippen molar-refractivity contribution in [2.24, 2.45) is 0 Å². The third-order valence-corrected chi connectivity index (χ3v) is 11.1. The fourth-order valence-electron chi connectivity index (χ4n) is 5.31. The van der Waals surface area contributed by atoms with Gasteiger partial charge in [0, 0.05) is 55.9 Å². The number of likely N-dealkylation sites (N-methyl/N-ethyl adjacent to an activating group) is 2. The Hall–Kier alpha value is -3.25. The van der Waals surface area contributed by atoms with Gasteiger partial charge in [-0.1, -0.05) is 68.3 Å². The lowest BCUT2D eigenvalue weighted by molar-refractivity contribution is -0.120. The summed E-state index contributed by atoms with van der Waals surface area (Å²) in [5.41, 5.74) is 3.79. The van der Waals surface area contributed by atoms with E-state index in [1.54, 1.807) is 30.1 Å². The summed E-state index contributed by atoms with van der Waals surface area (Å²) >= 11 is 7.75. The number of rotatable bonds is 8. The lowest BCUT2D eigenvalue weighted by Gasteiger charge is -2.41. The summed E-state index contributed by atoms with van der Waals surface area (Å²) < 4.78 is 2.39. The van der Waals surface area contributed by atoms with Crippen LogP contribution in [0.2, 0.25) is 0 Å². The zero-order valence-electron chi connectivity index (χ0n) is 23.7. The molecule has 11 heteroatoms. The van der Waals surface area contributed by atoms with Gasteiger partial charge in [-0.25, -0.2) is 4.79 Å². The summed E-state index contributed by atoms with van der Waals surface area (Å²) in [5, 5.41) is 6.47. The van der Waals surface area contributed by atoms with E-state index < -0.39 is 14.7 Å². The molecule has 1 fully saturated rings. The Kier molecular flexibility index (Phi) is 8.75. The highest BCUT2D eigenvalue weighted by Crippen LogP contribution is 2.58. The highest BCUT2D eigenvalue weighted by molar-refractivity contribution is 9.12. The molecule has 0 radical (unpaired) electrons. The molecule has 2 amide bonds. The topological polar surface area (TPSA) is 94.2 Å². The Morgan fingerprint density at radius 3 is 2.36 bits per heavy atom. The number of ether oxygens (including phenoxy) is 1. The van der Waals surface area contributed by atoms with Crippen molar-refractivity contribution in [3.8, 4) is 0 Å². The first kappa shape index (κ1) is 30.2. The van der Waals surface area contributed by atoms with E-state index in [0.29, 0.717) is 23.4 Å². The van der Waals surface area contributed by atoms with Gasteiger partial charge in [-0.3, -0.25) is 14.5 Å². The van der Waals surface area contributed by atoms with E-state index in [0.717, 1.165) is 43.1 Å². The molecule has 0 bridgehead atoms. The molecule has 9 nitrogen and oxygen atoms in total. The molecule has 2 aliphatic heterocycles. The van der Waals surface area contributed by atoms with Crippen LogP contribution in [0.1, 0.15) is 21.5 Å². The second-order valence-corrected chi connectivity index (χ2v) is 13.0. The summed E-state index contributed by atoms with van der Waals surface area (Å²) in [5.74, 6) is -0.763. The fraction of sp³-hybridized carbons (Fsp3) is 0.323. The van der Waals surface area contributed by atoms with Crippen molar-refractivity contribution in [3.63, 3.8) is 0 Å². The predicted molar refractivity (Wildman–Crippen MR) is 171 cm³/mol. The molecule has 5 rings (SSSR count). The van der Waals surface area contributed by atoms with Gasteiger partial charge >= 0.3 is 5.97 Å². The number of benzene rings is 3. The monoisotopic (exact) mass is 697 g/mol. The van der Waals surface area contributed by atoms with E-state index in [1.165, 1.54) is 7.11 Å². The zero-order valence-corrected chi connectivity index (χ0v) is 26.9. The van der Waals surface area contributed by atoms with Crippen LogP contribution in [-0.4, -0.2) is 81.5 Å². The SMILES string of the molecule is COC(=O)c1ccc2c(c1)NC(=O)C2(Br)C(Br)(Nc1ccc(N(C)C(=O)CN2CCN(C)CC2)cc1)c1ccccc1. The minimum Gasteiger partial charge on any atom is -0.465 e. The highest BCUT2D eigenvalue weighted by Gasteiger charge is 2.60. The van der Waals surface area contributed by atoms with Crippen molar-refractivity contribution in [3.05, 3.63) is 89.5 Å². The Labute approximate surface area is 262 Å². The van der Waals surface area contributed by atoms with Gasteiger partial charge in [0.05, 0.1) is 19.2 Å². The maximum absolute atomic E-state index is 13.7. The second kappa shape index (κ2) is 12.2. The molecule has 0 aliphatic carbocycles. The molecule has 2 unspecified atom stereocenters. The van der Waals surface area contributed by atoms with Crippen LogP contribution in [0.25, 0.3) is 0 Å². The van der Waals surface area contributed by atoms with Crippen LogP contribution in [0.4, 0.5) is 17.1 Å². The van der Waals surface area contributed by atoms with E-state index >= 15 is 0 Å². The van der Waals surface area contributed by atoms with Crippen molar-refractivity contribution in [1.82, 2.24) is 9.80 Å². The van der Waals surface area contributed by atoms with Crippen LogP contribution in [0.5, 0.6) is 0 Å². The van der Waals surface area contributed by atoms with Crippen LogP contribution >= 0.6 is 31.9 Å². The van der Waals surface area contributed by atoms with Crippen molar-refractivity contribution in [2.45, 2.75) is 8.77 Å². The average molecular weight is 699 g/mol. The molecule has 0 spiro atoms. The first-order chi connectivity index (χ1) is 20.1. The molecular formula is C31H33Br2N5O4. The number of esters is 1. The van der Waals surface area contributed by atoms with Crippen molar-refractivity contribution < 1.29 is 19.1 Å².